The van der Waals surface area contributed by atoms with Crippen molar-refractivity contribution in [3.8, 4) is 0 Å². The Morgan fingerprint density at radius 3 is 2.41 bits per heavy atom. The van der Waals surface area contributed by atoms with Crippen LogP contribution in [-0.2, 0) is 29.3 Å². The molecule has 156 valence electrons. The Morgan fingerprint density at radius 2 is 1.66 bits per heavy atom. The molecule has 0 heterocycles. The molecule has 1 aliphatic rings. The Labute approximate surface area is 169 Å². The fourth-order valence-electron chi connectivity index (χ4n) is 3.75. The molecule has 0 aromatic heterocycles. The third-order valence-electron chi connectivity index (χ3n) is 5.35. The average Bonchev–Trinajstić information content (AvgIpc) is 2.73. The van der Waals surface area contributed by atoms with Crippen molar-refractivity contribution in [2.45, 2.75) is 51.6 Å². The number of amides is 1. The summed E-state index contributed by atoms with van der Waals surface area (Å²) in [7, 11) is 0. The SMILES string of the molecule is O=C(NCc1cccc(COCc2ccccc2)c1)C1CCCC(C(F)(F)F)C1. The first-order valence-corrected chi connectivity index (χ1v) is 9.96. The van der Waals surface area contributed by atoms with Crippen LogP contribution in [0.15, 0.2) is 54.6 Å². The zero-order chi connectivity index (χ0) is 20.7. The topological polar surface area (TPSA) is 38.3 Å². The lowest BCUT2D eigenvalue weighted by molar-refractivity contribution is -0.186. The molecule has 0 aliphatic heterocycles. The van der Waals surface area contributed by atoms with Gasteiger partial charge in [0, 0.05) is 12.5 Å². The molecule has 2 unspecified atom stereocenters. The first-order chi connectivity index (χ1) is 13.9. The molecule has 2 atom stereocenters. The van der Waals surface area contributed by atoms with Crippen molar-refractivity contribution in [1.29, 1.82) is 0 Å². The fourth-order valence-corrected chi connectivity index (χ4v) is 3.75. The van der Waals surface area contributed by atoms with Crippen LogP contribution in [0.1, 0.15) is 42.4 Å². The largest absolute Gasteiger partial charge is 0.391 e. The van der Waals surface area contributed by atoms with Crippen LogP contribution in [0.4, 0.5) is 13.2 Å². The number of carbonyl (C=O) groups is 1. The van der Waals surface area contributed by atoms with Crippen LogP contribution >= 0.6 is 0 Å². The Hall–Kier alpha value is -2.34. The van der Waals surface area contributed by atoms with Crippen LogP contribution in [0.3, 0.4) is 0 Å². The molecule has 1 saturated carbocycles. The third-order valence-corrected chi connectivity index (χ3v) is 5.35. The average molecular weight is 405 g/mol. The molecule has 2 aromatic rings. The van der Waals surface area contributed by atoms with Gasteiger partial charge in [0.05, 0.1) is 19.1 Å². The fraction of sp³-hybridized carbons (Fsp3) is 0.435. The molecular formula is C23H26F3NO2. The van der Waals surface area contributed by atoms with E-state index in [-0.39, 0.29) is 18.7 Å². The smallest absolute Gasteiger partial charge is 0.372 e. The van der Waals surface area contributed by atoms with Crippen LogP contribution in [-0.4, -0.2) is 12.1 Å². The maximum absolute atomic E-state index is 12.9. The molecule has 0 bridgehead atoms. The van der Waals surface area contributed by atoms with Crippen LogP contribution in [0, 0.1) is 11.8 Å². The molecule has 1 fully saturated rings. The van der Waals surface area contributed by atoms with Gasteiger partial charge in [-0.05, 0) is 36.0 Å². The van der Waals surface area contributed by atoms with Crippen molar-refractivity contribution in [1.82, 2.24) is 5.32 Å². The van der Waals surface area contributed by atoms with Crippen molar-refractivity contribution < 1.29 is 22.7 Å². The molecule has 3 rings (SSSR count). The lowest BCUT2D eigenvalue weighted by Crippen LogP contribution is -2.37. The highest BCUT2D eigenvalue weighted by atomic mass is 19.4. The zero-order valence-corrected chi connectivity index (χ0v) is 16.3. The second-order valence-corrected chi connectivity index (χ2v) is 7.62. The van der Waals surface area contributed by atoms with E-state index in [0.29, 0.717) is 32.6 Å². The highest BCUT2D eigenvalue weighted by Crippen LogP contribution is 2.39. The molecule has 3 nitrogen and oxygen atoms in total. The first-order valence-electron chi connectivity index (χ1n) is 9.96. The molecule has 0 spiro atoms. The zero-order valence-electron chi connectivity index (χ0n) is 16.3. The summed E-state index contributed by atoms with van der Waals surface area (Å²) in [6, 6.07) is 17.6. The number of halogens is 3. The molecule has 29 heavy (non-hydrogen) atoms. The van der Waals surface area contributed by atoms with E-state index in [1.807, 2.05) is 54.6 Å². The van der Waals surface area contributed by atoms with Gasteiger partial charge in [-0.15, -0.1) is 0 Å². The van der Waals surface area contributed by atoms with E-state index in [1.54, 1.807) is 0 Å². The van der Waals surface area contributed by atoms with Gasteiger partial charge in [-0.3, -0.25) is 4.79 Å². The number of hydrogen-bond acceptors (Lipinski definition) is 2. The van der Waals surface area contributed by atoms with E-state index in [2.05, 4.69) is 5.32 Å². The Bertz CT molecular complexity index is 792. The van der Waals surface area contributed by atoms with Gasteiger partial charge in [-0.1, -0.05) is 61.0 Å². The summed E-state index contributed by atoms with van der Waals surface area (Å²) in [4.78, 5) is 12.4. The Balaban J connectivity index is 1.46. The van der Waals surface area contributed by atoms with Crippen molar-refractivity contribution in [3.63, 3.8) is 0 Å². The van der Waals surface area contributed by atoms with Crippen LogP contribution in [0.5, 0.6) is 0 Å². The molecule has 2 aromatic carbocycles. The first kappa shape index (κ1) is 21.4. The number of ether oxygens (including phenoxy) is 1. The molecule has 1 amide bonds. The third kappa shape index (κ3) is 6.60. The van der Waals surface area contributed by atoms with E-state index in [9.17, 15) is 18.0 Å². The van der Waals surface area contributed by atoms with E-state index >= 15 is 0 Å². The second kappa shape index (κ2) is 9.92. The lowest BCUT2D eigenvalue weighted by Gasteiger charge is -2.29. The Morgan fingerprint density at radius 1 is 0.966 bits per heavy atom. The molecular weight excluding hydrogens is 379 g/mol. The highest BCUT2D eigenvalue weighted by Gasteiger charge is 2.43. The summed E-state index contributed by atoms with van der Waals surface area (Å²) >= 11 is 0. The minimum absolute atomic E-state index is 0.108. The van der Waals surface area contributed by atoms with E-state index < -0.39 is 18.0 Å². The number of rotatable bonds is 7. The molecule has 1 N–H and O–H groups in total. The van der Waals surface area contributed by atoms with E-state index in [1.165, 1.54) is 0 Å². The molecule has 6 heteroatoms. The molecule has 0 radical (unpaired) electrons. The maximum Gasteiger partial charge on any atom is 0.391 e. The van der Waals surface area contributed by atoms with Gasteiger partial charge in [-0.2, -0.15) is 13.2 Å². The summed E-state index contributed by atoms with van der Waals surface area (Å²) in [6.07, 6.45) is -3.24. The Kier molecular flexibility index (Phi) is 7.31. The summed E-state index contributed by atoms with van der Waals surface area (Å²) in [5, 5.41) is 2.80. The maximum atomic E-state index is 12.9. The summed E-state index contributed by atoms with van der Waals surface area (Å²) in [5.41, 5.74) is 2.99. The number of hydrogen-bond donors (Lipinski definition) is 1. The lowest BCUT2D eigenvalue weighted by atomic mass is 9.80. The van der Waals surface area contributed by atoms with Crippen LogP contribution < -0.4 is 5.32 Å². The summed E-state index contributed by atoms with van der Waals surface area (Å²) < 4.78 is 44.6. The standard InChI is InChI=1S/C23H26F3NO2/c24-23(25,26)21-11-5-10-20(13-21)22(28)27-14-18-8-4-9-19(12-18)16-29-15-17-6-2-1-3-7-17/h1-4,6-9,12,20-21H,5,10-11,13-16H2,(H,27,28). The minimum Gasteiger partial charge on any atom is -0.372 e. The number of alkyl halides is 3. The van der Waals surface area contributed by atoms with Gasteiger partial charge < -0.3 is 10.1 Å². The van der Waals surface area contributed by atoms with Crippen molar-refractivity contribution >= 4 is 5.91 Å². The van der Waals surface area contributed by atoms with Crippen LogP contribution in [0.25, 0.3) is 0 Å². The summed E-state index contributed by atoms with van der Waals surface area (Å²) in [6.45, 7) is 1.27. The number of nitrogens with one attached hydrogen (secondary N) is 1. The normalized spacial score (nSPS) is 19.7. The van der Waals surface area contributed by atoms with Gasteiger partial charge in [0.1, 0.15) is 0 Å². The predicted molar refractivity (Wildman–Crippen MR) is 105 cm³/mol. The van der Waals surface area contributed by atoms with Gasteiger partial charge in [0.25, 0.3) is 0 Å². The monoisotopic (exact) mass is 405 g/mol. The van der Waals surface area contributed by atoms with Gasteiger partial charge in [0.15, 0.2) is 0 Å². The molecule has 1 aliphatic carbocycles. The number of benzene rings is 2. The van der Waals surface area contributed by atoms with Crippen LogP contribution in [0.2, 0.25) is 0 Å². The highest BCUT2D eigenvalue weighted by molar-refractivity contribution is 5.78. The van der Waals surface area contributed by atoms with Crippen molar-refractivity contribution in [2.75, 3.05) is 0 Å². The van der Waals surface area contributed by atoms with E-state index in [4.69, 9.17) is 4.74 Å². The quantitative estimate of drug-likeness (QED) is 0.671. The van der Waals surface area contributed by atoms with Gasteiger partial charge in [-0.25, -0.2) is 0 Å². The van der Waals surface area contributed by atoms with Crippen molar-refractivity contribution in [2.24, 2.45) is 11.8 Å². The molecule has 0 saturated heterocycles. The second-order valence-electron chi connectivity index (χ2n) is 7.62. The predicted octanol–water partition coefficient (Wildman–Crippen LogP) is 5.39. The van der Waals surface area contributed by atoms with Gasteiger partial charge in [0.2, 0.25) is 5.91 Å². The van der Waals surface area contributed by atoms with Crippen molar-refractivity contribution in [3.05, 3.63) is 71.3 Å². The summed E-state index contributed by atoms with van der Waals surface area (Å²) in [5.74, 6) is -2.21. The van der Waals surface area contributed by atoms with E-state index in [0.717, 1.165) is 16.7 Å². The van der Waals surface area contributed by atoms with Gasteiger partial charge >= 0.3 is 6.18 Å². The minimum atomic E-state index is -4.22. The number of carbonyl (C=O) groups excluding carboxylic acids is 1.